The molecule has 1 aromatic carbocycles. The summed E-state index contributed by atoms with van der Waals surface area (Å²) < 4.78 is 14.5. The number of hydrogen-bond donors (Lipinski definition) is 1. The summed E-state index contributed by atoms with van der Waals surface area (Å²) in [7, 11) is 0. The quantitative estimate of drug-likeness (QED) is 0.643. The minimum Gasteiger partial charge on any atom is -0.324 e. The number of hydrogen-bond acceptors (Lipinski definition) is 1. The molecule has 0 spiro atoms. The monoisotopic (exact) mass is 321 g/mol. The van der Waals surface area contributed by atoms with Crippen LogP contribution < -0.4 is 5.73 Å². The van der Waals surface area contributed by atoms with Crippen LogP contribution in [-0.2, 0) is 0 Å². The standard InChI is InChI=1S/C12H17FIN/c1-2-3-4-5-12(15)10-8-9(14)6-7-11(10)13/h6-8,12H,2-5,15H2,1H3/t12-/m0/s1. The maximum absolute atomic E-state index is 13.4. The van der Waals surface area contributed by atoms with Gasteiger partial charge in [0, 0.05) is 15.2 Å². The van der Waals surface area contributed by atoms with Crippen molar-refractivity contribution in [3.8, 4) is 0 Å². The minimum atomic E-state index is -0.181. The second kappa shape index (κ2) is 6.43. The van der Waals surface area contributed by atoms with E-state index >= 15 is 0 Å². The highest BCUT2D eigenvalue weighted by atomic mass is 127. The van der Waals surface area contributed by atoms with Crippen LogP contribution >= 0.6 is 22.6 Å². The van der Waals surface area contributed by atoms with Gasteiger partial charge in [0.2, 0.25) is 0 Å². The Kier molecular flexibility index (Phi) is 5.53. The van der Waals surface area contributed by atoms with Gasteiger partial charge in [0.15, 0.2) is 0 Å². The first kappa shape index (κ1) is 12.9. The molecule has 84 valence electrons. The van der Waals surface area contributed by atoms with Gasteiger partial charge in [0.05, 0.1) is 0 Å². The fourth-order valence-corrected chi connectivity index (χ4v) is 2.08. The molecule has 3 heteroatoms. The van der Waals surface area contributed by atoms with Gasteiger partial charge in [0.25, 0.3) is 0 Å². The Morgan fingerprint density at radius 3 is 2.80 bits per heavy atom. The molecule has 0 aromatic heterocycles. The van der Waals surface area contributed by atoms with Crippen LogP contribution in [0.4, 0.5) is 4.39 Å². The number of rotatable bonds is 5. The highest BCUT2D eigenvalue weighted by molar-refractivity contribution is 14.1. The Hall–Kier alpha value is -0.160. The molecule has 0 heterocycles. The zero-order chi connectivity index (χ0) is 11.3. The van der Waals surface area contributed by atoms with Crippen molar-refractivity contribution >= 4 is 22.6 Å². The van der Waals surface area contributed by atoms with Gasteiger partial charge in [-0.05, 0) is 47.2 Å². The Morgan fingerprint density at radius 1 is 1.40 bits per heavy atom. The van der Waals surface area contributed by atoms with E-state index in [0.29, 0.717) is 5.56 Å². The third-order valence-corrected chi connectivity index (χ3v) is 3.15. The summed E-state index contributed by atoms with van der Waals surface area (Å²) in [5.74, 6) is -0.181. The third kappa shape index (κ3) is 4.07. The topological polar surface area (TPSA) is 26.0 Å². The first-order valence-corrected chi connectivity index (χ1v) is 6.43. The summed E-state index contributed by atoms with van der Waals surface area (Å²) in [6.07, 6.45) is 4.27. The zero-order valence-corrected chi connectivity index (χ0v) is 11.1. The van der Waals surface area contributed by atoms with Gasteiger partial charge in [-0.15, -0.1) is 0 Å². The SMILES string of the molecule is CCCCC[C@H](N)c1cc(I)ccc1F. The maximum atomic E-state index is 13.4. The summed E-state index contributed by atoms with van der Waals surface area (Å²) in [6.45, 7) is 2.15. The number of nitrogens with two attached hydrogens (primary N) is 1. The van der Waals surface area contributed by atoms with Gasteiger partial charge in [-0.2, -0.15) is 0 Å². The minimum absolute atomic E-state index is 0.161. The lowest BCUT2D eigenvalue weighted by molar-refractivity contribution is 0.538. The highest BCUT2D eigenvalue weighted by Gasteiger charge is 2.11. The second-order valence-corrected chi connectivity index (χ2v) is 5.01. The summed E-state index contributed by atoms with van der Waals surface area (Å²) in [5.41, 5.74) is 6.61. The lowest BCUT2D eigenvalue weighted by Crippen LogP contribution is -2.12. The smallest absolute Gasteiger partial charge is 0.128 e. The van der Waals surface area contributed by atoms with Crippen molar-refractivity contribution in [2.24, 2.45) is 5.73 Å². The van der Waals surface area contributed by atoms with Crippen LogP contribution in [0.3, 0.4) is 0 Å². The van der Waals surface area contributed by atoms with E-state index in [-0.39, 0.29) is 11.9 Å². The highest BCUT2D eigenvalue weighted by Crippen LogP contribution is 2.22. The van der Waals surface area contributed by atoms with Gasteiger partial charge >= 0.3 is 0 Å². The largest absolute Gasteiger partial charge is 0.324 e. The number of benzene rings is 1. The van der Waals surface area contributed by atoms with Crippen molar-refractivity contribution in [2.75, 3.05) is 0 Å². The molecule has 0 radical (unpaired) electrons. The summed E-state index contributed by atoms with van der Waals surface area (Å²) in [5, 5.41) is 0. The average Bonchev–Trinajstić information content (AvgIpc) is 2.22. The first-order valence-electron chi connectivity index (χ1n) is 5.35. The van der Waals surface area contributed by atoms with Crippen LogP contribution in [-0.4, -0.2) is 0 Å². The van der Waals surface area contributed by atoms with E-state index in [0.717, 1.165) is 16.4 Å². The van der Waals surface area contributed by atoms with Gasteiger partial charge in [-0.1, -0.05) is 26.2 Å². The Labute approximate surface area is 104 Å². The number of unbranched alkanes of at least 4 members (excludes halogenated alkanes) is 2. The predicted molar refractivity (Wildman–Crippen MR) is 70.2 cm³/mol. The summed E-state index contributed by atoms with van der Waals surface area (Å²) >= 11 is 2.18. The van der Waals surface area contributed by atoms with Crippen LogP contribution in [0.15, 0.2) is 18.2 Å². The molecule has 15 heavy (non-hydrogen) atoms. The lowest BCUT2D eigenvalue weighted by Gasteiger charge is -2.12. The molecule has 0 bridgehead atoms. The predicted octanol–water partition coefficient (Wildman–Crippen LogP) is 4.01. The van der Waals surface area contributed by atoms with E-state index in [1.807, 2.05) is 6.07 Å². The fraction of sp³-hybridized carbons (Fsp3) is 0.500. The van der Waals surface area contributed by atoms with Gasteiger partial charge in [-0.25, -0.2) is 4.39 Å². The molecule has 0 aliphatic heterocycles. The molecule has 1 rings (SSSR count). The molecule has 1 nitrogen and oxygen atoms in total. The van der Waals surface area contributed by atoms with Crippen molar-refractivity contribution in [3.05, 3.63) is 33.1 Å². The van der Waals surface area contributed by atoms with E-state index in [2.05, 4.69) is 29.5 Å². The van der Waals surface area contributed by atoms with Crippen molar-refractivity contribution in [3.63, 3.8) is 0 Å². The van der Waals surface area contributed by atoms with Crippen molar-refractivity contribution in [1.82, 2.24) is 0 Å². The van der Waals surface area contributed by atoms with Crippen molar-refractivity contribution in [1.29, 1.82) is 0 Å². The Bertz CT molecular complexity index is 314. The molecular formula is C12H17FIN. The van der Waals surface area contributed by atoms with Crippen LogP contribution in [0, 0.1) is 9.39 Å². The summed E-state index contributed by atoms with van der Waals surface area (Å²) in [4.78, 5) is 0. The molecule has 0 amide bonds. The van der Waals surface area contributed by atoms with Gasteiger partial charge < -0.3 is 5.73 Å². The molecule has 2 N–H and O–H groups in total. The second-order valence-electron chi connectivity index (χ2n) is 3.77. The normalized spacial score (nSPS) is 12.8. The molecule has 0 saturated carbocycles. The lowest BCUT2D eigenvalue weighted by atomic mass is 10.0. The molecule has 1 aromatic rings. The molecule has 0 aliphatic rings. The van der Waals surface area contributed by atoms with Crippen LogP contribution in [0.2, 0.25) is 0 Å². The molecule has 0 fully saturated rings. The van der Waals surface area contributed by atoms with Crippen LogP contribution in [0.1, 0.15) is 44.2 Å². The van der Waals surface area contributed by atoms with E-state index in [9.17, 15) is 4.39 Å². The van der Waals surface area contributed by atoms with E-state index in [4.69, 9.17) is 5.73 Å². The summed E-state index contributed by atoms with van der Waals surface area (Å²) in [6, 6.07) is 4.94. The molecule has 0 unspecified atom stereocenters. The van der Waals surface area contributed by atoms with E-state index < -0.39 is 0 Å². The van der Waals surface area contributed by atoms with Gasteiger partial charge in [-0.3, -0.25) is 0 Å². The zero-order valence-electron chi connectivity index (χ0n) is 8.97. The third-order valence-electron chi connectivity index (χ3n) is 2.48. The first-order chi connectivity index (χ1) is 7.15. The van der Waals surface area contributed by atoms with Crippen molar-refractivity contribution < 1.29 is 4.39 Å². The van der Waals surface area contributed by atoms with Crippen LogP contribution in [0.25, 0.3) is 0 Å². The Balaban J connectivity index is 2.64. The molecule has 1 atom stereocenters. The number of halogens is 2. The molecule has 0 aliphatic carbocycles. The van der Waals surface area contributed by atoms with Crippen LogP contribution in [0.5, 0.6) is 0 Å². The van der Waals surface area contributed by atoms with E-state index in [1.54, 1.807) is 6.07 Å². The fourth-order valence-electron chi connectivity index (χ4n) is 1.57. The van der Waals surface area contributed by atoms with E-state index in [1.165, 1.54) is 18.9 Å². The average molecular weight is 321 g/mol. The van der Waals surface area contributed by atoms with Gasteiger partial charge in [0.1, 0.15) is 5.82 Å². The maximum Gasteiger partial charge on any atom is 0.128 e. The Morgan fingerprint density at radius 2 is 2.13 bits per heavy atom. The molecule has 0 saturated heterocycles. The molecular weight excluding hydrogens is 304 g/mol. The van der Waals surface area contributed by atoms with Crippen molar-refractivity contribution in [2.45, 2.75) is 38.6 Å².